The summed E-state index contributed by atoms with van der Waals surface area (Å²) in [5, 5.41) is 4.81. The molecule has 3 nitrogen and oxygen atoms in total. The number of para-hydroxylation sites is 3. The average molecular weight is 395 g/mol. The standard InChI is InChI=1S/C26H16N2O.Na/c1-3-10-21-17(7-1)15-18-8-2-4-11-22(18)27(21)23-12-6-13-24-20(23)16-19-9-5-14-25-26(19)28(24)29-25;/h1-16H;/q+2;+1. The number of rotatable bonds is 1. The van der Waals surface area contributed by atoms with Crippen LogP contribution < -0.4 is 43.7 Å². The van der Waals surface area contributed by atoms with Crippen molar-refractivity contribution in [2.45, 2.75) is 0 Å². The average Bonchev–Trinajstić information content (AvgIpc) is 2.75. The Morgan fingerprint density at radius 2 is 1.20 bits per heavy atom. The van der Waals surface area contributed by atoms with Gasteiger partial charge in [0.1, 0.15) is 5.39 Å². The molecule has 7 rings (SSSR count). The zero-order chi connectivity index (χ0) is 18.9. The molecule has 0 spiro atoms. The van der Waals surface area contributed by atoms with Crippen molar-refractivity contribution in [2.24, 2.45) is 0 Å². The van der Waals surface area contributed by atoms with Crippen LogP contribution in [-0.4, -0.2) is 0 Å². The second-order valence-electron chi connectivity index (χ2n) is 7.53. The van der Waals surface area contributed by atoms with Gasteiger partial charge in [0.2, 0.25) is 16.7 Å². The molecule has 6 aromatic rings. The van der Waals surface area contributed by atoms with Crippen LogP contribution in [-0.2, 0) is 0 Å². The van der Waals surface area contributed by atoms with Crippen LogP contribution >= 0.6 is 0 Å². The van der Waals surface area contributed by atoms with Crippen LogP contribution in [0.5, 0.6) is 5.75 Å². The Kier molecular flexibility index (Phi) is 3.87. The summed E-state index contributed by atoms with van der Waals surface area (Å²) >= 11 is 0. The van der Waals surface area contributed by atoms with Crippen molar-refractivity contribution in [2.75, 3.05) is 0 Å². The summed E-state index contributed by atoms with van der Waals surface area (Å²) in [5.74, 6) is 0.943. The van der Waals surface area contributed by atoms with Gasteiger partial charge in [-0.05, 0) is 42.5 Å². The maximum absolute atomic E-state index is 5.96. The second kappa shape index (κ2) is 6.51. The van der Waals surface area contributed by atoms with Crippen LogP contribution in [0.4, 0.5) is 0 Å². The molecule has 2 aromatic heterocycles. The third-order valence-electron chi connectivity index (χ3n) is 5.91. The van der Waals surface area contributed by atoms with Crippen molar-refractivity contribution in [1.29, 1.82) is 0 Å². The van der Waals surface area contributed by atoms with Crippen LogP contribution in [0.2, 0.25) is 0 Å². The van der Waals surface area contributed by atoms with E-state index in [4.69, 9.17) is 4.84 Å². The van der Waals surface area contributed by atoms with Crippen molar-refractivity contribution < 1.29 is 43.7 Å². The molecule has 0 bridgehead atoms. The molecule has 0 aliphatic carbocycles. The quantitative estimate of drug-likeness (QED) is 0.236. The van der Waals surface area contributed by atoms with Gasteiger partial charge < -0.3 is 0 Å². The molecule has 3 heterocycles. The molecule has 0 N–H and O–H groups in total. The number of pyridine rings is 2. The van der Waals surface area contributed by atoms with E-state index in [1.54, 1.807) is 0 Å². The van der Waals surface area contributed by atoms with Gasteiger partial charge in [-0.2, -0.15) is 4.57 Å². The predicted octanol–water partition coefficient (Wildman–Crippen LogP) is 2.02. The van der Waals surface area contributed by atoms with Crippen molar-refractivity contribution in [1.82, 2.24) is 0 Å². The van der Waals surface area contributed by atoms with Gasteiger partial charge in [-0.25, -0.2) is 4.84 Å². The summed E-state index contributed by atoms with van der Waals surface area (Å²) < 4.78 is 4.33. The van der Waals surface area contributed by atoms with Crippen molar-refractivity contribution in [3.05, 3.63) is 97.1 Å². The number of nitrogens with zero attached hydrogens (tertiary/aromatic N) is 2. The summed E-state index contributed by atoms with van der Waals surface area (Å²) in [4.78, 5) is 5.96. The molecule has 1 aliphatic heterocycles. The molecular formula is C26H16N2NaO+3. The summed E-state index contributed by atoms with van der Waals surface area (Å²) in [7, 11) is 0. The largest absolute Gasteiger partial charge is 1.00 e. The molecule has 4 aromatic carbocycles. The van der Waals surface area contributed by atoms with E-state index < -0.39 is 0 Å². The van der Waals surface area contributed by atoms with Crippen LogP contribution in [0.15, 0.2) is 97.1 Å². The fourth-order valence-corrected chi connectivity index (χ4v) is 4.62. The van der Waals surface area contributed by atoms with E-state index >= 15 is 0 Å². The van der Waals surface area contributed by atoms with Crippen LogP contribution in [0.3, 0.4) is 0 Å². The van der Waals surface area contributed by atoms with E-state index in [-0.39, 0.29) is 29.6 Å². The maximum atomic E-state index is 5.96. The van der Waals surface area contributed by atoms with Gasteiger partial charge >= 0.3 is 35.1 Å². The van der Waals surface area contributed by atoms with E-state index in [0.29, 0.717) is 0 Å². The van der Waals surface area contributed by atoms with E-state index in [1.807, 2.05) is 10.8 Å². The van der Waals surface area contributed by atoms with Gasteiger partial charge in [-0.1, -0.05) is 30.3 Å². The molecule has 0 saturated carbocycles. The number of fused-ring (bicyclic) bond motifs is 4. The minimum Gasteiger partial charge on any atom is -0.223 e. The predicted molar refractivity (Wildman–Crippen MR) is 114 cm³/mol. The molecule has 0 saturated heterocycles. The molecule has 0 amide bonds. The Hall–Kier alpha value is -2.98. The molecule has 0 fully saturated rings. The molecule has 0 atom stereocenters. The first-order valence-corrected chi connectivity index (χ1v) is 9.80. The van der Waals surface area contributed by atoms with Gasteiger partial charge in [0.15, 0.2) is 0 Å². The molecule has 30 heavy (non-hydrogen) atoms. The number of hydrogen-bond acceptors (Lipinski definition) is 1. The van der Waals surface area contributed by atoms with E-state index in [9.17, 15) is 0 Å². The van der Waals surface area contributed by atoms with Crippen LogP contribution in [0, 0.1) is 0 Å². The number of benzene rings is 4. The van der Waals surface area contributed by atoms with Crippen LogP contribution in [0.1, 0.15) is 0 Å². The summed E-state index contributed by atoms with van der Waals surface area (Å²) in [6, 6.07) is 34.3. The van der Waals surface area contributed by atoms with Gasteiger partial charge in [-0.15, -0.1) is 0 Å². The molecule has 1 aliphatic rings. The third kappa shape index (κ3) is 2.31. The normalized spacial score (nSPS) is 12.0. The summed E-state index contributed by atoms with van der Waals surface area (Å²) in [6.45, 7) is 0. The monoisotopic (exact) mass is 395 g/mol. The van der Waals surface area contributed by atoms with Gasteiger partial charge in [0.25, 0.3) is 11.3 Å². The minimum absolute atomic E-state index is 0. The Morgan fingerprint density at radius 1 is 0.567 bits per heavy atom. The smallest absolute Gasteiger partial charge is 0.223 e. The van der Waals surface area contributed by atoms with E-state index in [1.165, 1.54) is 32.6 Å². The van der Waals surface area contributed by atoms with Crippen molar-refractivity contribution >= 4 is 43.6 Å². The van der Waals surface area contributed by atoms with Gasteiger partial charge in [-0.3, -0.25) is 0 Å². The van der Waals surface area contributed by atoms with E-state index in [0.717, 1.165) is 22.5 Å². The SMILES string of the molecule is [Na+].c1cc2c3c(c1)cc1c(-[n+]4c5ccccc5cc5ccccc54)cccc1[n+]3O2. The molecule has 0 radical (unpaired) electrons. The first kappa shape index (κ1) is 17.8. The van der Waals surface area contributed by atoms with Gasteiger partial charge in [0, 0.05) is 39.8 Å². The summed E-state index contributed by atoms with van der Waals surface area (Å²) in [5.41, 5.74) is 5.78. The topological polar surface area (TPSA) is 17.0 Å². The minimum atomic E-state index is 0. The molecule has 4 heteroatoms. The van der Waals surface area contributed by atoms with Gasteiger partial charge in [0.05, 0.1) is 5.39 Å². The van der Waals surface area contributed by atoms with Crippen LogP contribution in [0.25, 0.3) is 49.3 Å². The first-order valence-electron chi connectivity index (χ1n) is 9.80. The maximum Gasteiger partial charge on any atom is 1.00 e. The summed E-state index contributed by atoms with van der Waals surface area (Å²) in [6.07, 6.45) is 0. The zero-order valence-corrected chi connectivity index (χ0v) is 18.5. The number of aromatic nitrogens is 2. The fraction of sp³-hybridized carbons (Fsp3) is 0. The second-order valence-corrected chi connectivity index (χ2v) is 7.53. The molecular weight excluding hydrogens is 379 g/mol. The Balaban J connectivity index is 0.00000175. The fourth-order valence-electron chi connectivity index (χ4n) is 4.62. The Labute approximate surface area is 195 Å². The molecule has 0 unspecified atom stereocenters. The Morgan fingerprint density at radius 3 is 1.97 bits per heavy atom. The van der Waals surface area contributed by atoms with Crippen molar-refractivity contribution in [3.8, 4) is 11.4 Å². The van der Waals surface area contributed by atoms with Crippen molar-refractivity contribution in [3.63, 3.8) is 0 Å². The Bertz CT molecular complexity index is 1590. The number of hydrogen-bond donors (Lipinski definition) is 0. The third-order valence-corrected chi connectivity index (χ3v) is 5.91. The first-order chi connectivity index (χ1) is 14.4. The zero-order valence-electron chi connectivity index (χ0n) is 16.5. The molecule has 134 valence electrons. The van der Waals surface area contributed by atoms with E-state index in [2.05, 4.69) is 95.6 Å².